The van der Waals surface area contributed by atoms with Crippen LogP contribution in [-0.4, -0.2) is 44.4 Å². The molecule has 3 rings (SSSR count). The van der Waals surface area contributed by atoms with Gasteiger partial charge in [0.15, 0.2) is 0 Å². The Labute approximate surface area is 142 Å². The van der Waals surface area contributed by atoms with Crippen LogP contribution in [0.3, 0.4) is 0 Å². The normalized spacial score (nSPS) is 20.5. The Balaban J connectivity index is 1.68. The number of aliphatic hydroxyl groups is 1. The van der Waals surface area contributed by atoms with Crippen molar-refractivity contribution in [2.45, 2.75) is 44.8 Å². The summed E-state index contributed by atoms with van der Waals surface area (Å²) in [6, 6.07) is 6.77. The lowest BCUT2D eigenvalue weighted by Gasteiger charge is -2.34. The van der Waals surface area contributed by atoms with E-state index in [1.807, 2.05) is 0 Å². The molecule has 0 bridgehead atoms. The van der Waals surface area contributed by atoms with Crippen LogP contribution in [0, 0.1) is 5.82 Å². The Kier molecular flexibility index (Phi) is 5.26. The highest BCUT2D eigenvalue weighted by molar-refractivity contribution is 5.20. The van der Waals surface area contributed by atoms with Gasteiger partial charge in [0.2, 0.25) is 0 Å². The number of hydrogen-bond acceptors (Lipinski definition) is 4. The maximum Gasteiger partial charge on any atom is 0.137 e. The number of benzene rings is 1. The summed E-state index contributed by atoms with van der Waals surface area (Å²) in [5, 5.41) is 18.8. The molecule has 2 unspecified atom stereocenters. The number of aromatic nitrogens is 3. The number of halogens is 1. The van der Waals surface area contributed by atoms with E-state index in [1.165, 1.54) is 6.07 Å². The van der Waals surface area contributed by atoms with Crippen LogP contribution in [0.2, 0.25) is 0 Å². The van der Waals surface area contributed by atoms with Crippen LogP contribution in [0.4, 0.5) is 4.39 Å². The van der Waals surface area contributed by atoms with E-state index in [1.54, 1.807) is 24.5 Å². The lowest BCUT2D eigenvalue weighted by atomic mass is 9.96. The summed E-state index contributed by atoms with van der Waals surface area (Å²) in [5.41, 5.74) is 0.366. The minimum Gasteiger partial charge on any atom is -0.387 e. The van der Waals surface area contributed by atoms with Crippen molar-refractivity contribution < 1.29 is 9.50 Å². The fourth-order valence-corrected chi connectivity index (χ4v) is 3.46. The fraction of sp³-hybridized carbons (Fsp3) is 0.556. The Bertz CT molecular complexity index is 673. The lowest BCUT2D eigenvalue weighted by Crippen LogP contribution is -2.38. The third kappa shape index (κ3) is 3.65. The number of rotatable bonds is 5. The Morgan fingerprint density at radius 2 is 2.12 bits per heavy atom. The van der Waals surface area contributed by atoms with Crippen LogP contribution in [0.1, 0.15) is 56.1 Å². The first-order valence-corrected chi connectivity index (χ1v) is 8.60. The van der Waals surface area contributed by atoms with E-state index >= 15 is 0 Å². The molecule has 0 saturated carbocycles. The van der Waals surface area contributed by atoms with Gasteiger partial charge < -0.3 is 9.67 Å². The van der Waals surface area contributed by atoms with E-state index in [4.69, 9.17) is 0 Å². The van der Waals surface area contributed by atoms with Gasteiger partial charge in [-0.15, -0.1) is 10.2 Å². The van der Waals surface area contributed by atoms with Gasteiger partial charge in [0.05, 0.1) is 6.10 Å². The molecule has 1 aromatic carbocycles. The molecule has 5 nitrogen and oxygen atoms in total. The number of likely N-dealkylation sites (tertiary alicyclic amines) is 1. The zero-order valence-corrected chi connectivity index (χ0v) is 14.3. The van der Waals surface area contributed by atoms with E-state index in [0.717, 1.165) is 31.8 Å². The van der Waals surface area contributed by atoms with Crippen LogP contribution in [0.5, 0.6) is 0 Å². The molecule has 2 heterocycles. The summed E-state index contributed by atoms with van der Waals surface area (Å²) in [6.45, 7) is 6.41. The Hall–Kier alpha value is -1.79. The van der Waals surface area contributed by atoms with Gasteiger partial charge in [-0.05, 0) is 39.3 Å². The minimum atomic E-state index is -0.812. The molecule has 0 spiro atoms. The van der Waals surface area contributed by atoms with Gasteiger partial charge in [-0.1, -0.05) is 18.2 Å². The summed E-state index contributed by atoms with van der Waals surface area (Å²) < 4.78 is 15.9. The largest absolute Gasteiger partial charge is 0.387 e. The van der Waals surface area contributed by atoms with Crippen molar-refractivity contribution >= 4 is 0 Å². The highest BCUT2D eigenvalue weighted by atomic mass is 19.1. The zero-order valence-electron chi connectivity index (χ0n) is 14.3. The van der Waals surface area contributed by atoms with Crippen molar-refractivity contribution in [3.63, 3.8) is 0 Å². The van der Waals surface area contributed by atoms with E-state index < -0.39 is 6.10 Å². The van der Waals surface area contributed by atoms with Crippen LogP contribution < -0.4 is 0 Å². The molecule has 24 heavy (non-hydrogen) atoms. The molecule has 0 amide bonds. The molecule has 2 atom stereocenters. The van der Waals surface area contributed by atoms with Crippen molar-refractivity contribution in [2.75, 3.05) is 19.6 Å². The van der Waals surface area contributed by atoms with Gasteiger partial charge in [0.25, 0.3) is 0 Å². The Morgan fingerprint density at radius 3 is 2.88 bits per heavy atom. The van der Waals surface area contributed by atoms with Crippen LogP contribution in [0.15, 0.2) is 30.6 Å². The first-order chi connectivity index (χ1) is 11.6. The second-order valence-electron chi connectivity index (χ2n) is 6.83. The molecular weight excluding hydrogens is 307 g/mol. The summed E-state index contributed by atoms with van der Waals surface area (Å²) >= 11 is 0. The summed E-state index contributed by atoms with van der Waals surface area (Å²) in [7, 11) is 0. The molecule has 1 N–H and O–H groups in total. The number of hydrogen-bond donors (Lipinski definition) is 1. The highest BCUT2D eigenvalue weighted by Gasteiger charge is 2.27. The molecule has 130 valence electrons. The predicted molar refractivity (Wildman–Crippen MR) is 90.2 cm³/mol. The van der Waals surface area contributed by atoms with Crippen molar-refractivity contribution in [3.05, 3.63) is 47.8 Å². The first kappa shape index (κ1) is 17.0. The summed E-state index contributed by atoms with van der Waals surface area (Å²) in [5.74, 6) is 0.963. The second-order valence-corrected chi connectivity index (χ2v) is 6.83. The van der Waals surface area contributed by atoms with E-state index in [-0.39, 0.29) is 5.82 Å². The maximum atomic E-state index is 13.8. The van der Waals surface area contributed by atoms with Gasteiger partial charge in [-0.2, -0.15) is 0 Å². The predicted octanol–water partition coefficient (Wildman–Crippen LogP) is 2.91. The third-order valence-electron chi connectivity index (χ3n) is 4.72. The maximum absolute atomic E-state index is 13.8. The van der Waals surface area contributed by atoms with Gasteiger partial charge in [0.1, 0.15) is 18.0 Å². The highest BCUT2D eigenvalue weighted by Crippen LogP contribution is 2.28. The number of aliphatic hydroxyl groups excluding tert-OH is 1. The van der Waals surface area contributed by atoms with Crippen LogP contribution >= 0.6 is 0 Å². The van der Waals surface area contributed by atoms with Crippen LogP contribution in [0.25, 0.3) is 0 Å². The number of β-amino-alcohol motifs (C(OH)–C–C–N with tert-alkyl or cyclic N) is 1. The quantitative estimate of drug-likeness (QED) is 0.915. The van der Waals surface area contributed by atoms with E-state index in [2.05, 4.69) is 33.5 Å². The average Bonchev–Trinajstić information content (AvgIpc) is 3.05. The van der Waals surface area contributed by atoms with Crippen LogP contribution in [-0.2, 0) is 0 Å². The van der Waals surface area contributed by atoms with Crippen molar-refractivity contribution in [1.29, 1.82) is 0 Å². The molecule has 2 aromatic rings. The smallest absolute Gasteiger partial charge is 0.137 e. The Morgan fingerprint density at radius 1 is 1.33 bits per heavy atom. The van der Waals surface area contributed by atoms with Crippen molar-refractivity contribution in [2.24, 2.45) is 0 Å². The zero-order chi connectivity index (χ0) is 17.1. The summed E-state index contributed by atoms with van der Waals surface area (Å²) in [6.07, 6.45) is 3.08. The molecule has 1 saturated heterocycles. The first-order valence-electron chi connectivity index (χ1n) is 8.60. The molecule has 1 fully saturated rings. The minimum absolute atomic E-state index is 0.302. The van der Waals surface area contributed by atoms with E-state index in [9.17, 15) is 9.50 Å². The SMILES string of the molecule is CC(C)n1cnnc1C1CCCN(CC(O)c2ccccc2F)C1. The average molecular weight is 332 g/mol. The molecule has 6 heteroatoms. The second kappa shape index (κ2) is 7.40. The number of piperidine rings is 1. The van der Waals surface area contributed by atoms with Crippen molar-refractivity contribution in [3.8, 4) is 0 Å². The molecular formula is C18H25FN4O. The monoisotopic (exact) mass is 332 g/mol. The van der Waals surface area contributed by atoms with Crippen molar-refractivity contribution in [1.82, 2.24) is 19.7 Å². The molecule has 1 aliphatic rings. The van der Waals surface area contributed by atoms with Gasteiger partial charge in [-0.3, -0.25) is 4.90 Å². The summed E-state index contributed by atoms with van der Waals surface area (Å²) in [4.78, 5) is 2.20. The lowest BCUT2D eigenvalue weighted by molar-refractivity contribution is 0.0915. The van der Waals surface area contributed by atoms with E-state index in [0.29, 0.717) is 24.1 Å². The molecule has 1 aliphatic heterocycles. The molecule has 0 aliphatic carbocycles. The van der Waals surface area contributed by atoms with Gasteiger partial charge in [-0.25, -0.2) is 4.39 Å². The van der Waals surface area contributed by atoms with Gasteiger partial charge >= 0.3 is 0 Å². The van der Waals surface area contributed by atoms with Gasteiger partial charge in [0, 0.05) is 30.6 Å². The third-order valence-corrected chi connectivity index (χ3v) is 4.72. The standard InChI is InChI=1S/C18H25FN4O/c1-13(2)23-12-20-21-18(23)14-6-5-9-22(10-14)11-17(24)15-7-3-4-8-16(15)19/h3-4,7-8,12-14,17,24H,5-6,9-11H2,1-2H3. The molecule has 1 aromatic heterocycles. The number of nitrogens with zero attached hydrogens (tertiary/aromatic N) is 4. The fourth-order valence-electron chi connectivity index (χ4n) is 3.46. The topological polar surface area (TPSA) is 54.2 Å². The molecule has 0 radical (unpaired) electrons.